The third-order valence-electron chi connectivity index (χ3n) is 6.62. The van der Waals surface area contributed by atoms with Gasteiger partial charge in [-0.1, -0.05) is 37.3 Å². The number of aromatic amines is 1. The molecular weight excluding hydrogens is 454 g/mol. The average molecular weight is 486 g/mol. The third-order valence-corrected chi connectivity index (χ3v) is 6.62. The van der Waals surface area contributed by atoms with E-state index in [1.54, 1.807) is 24.3 Å². The van der Waals surface area contributed by atoms with Crippen LogP contribution in [0.2, 0.25) is 0 Å². The molecule has 1 aliphatic rings. The van der Waals surface area contributed by atoms with Crippen molar-refractivity contribution in [2.75, 3.05) is 49.5 Å². The number of aryl methyl sites for hydroxylation is 1. The highest BCUT2D eigenvalue weighted by molar-refractivity contribution is 5.91. The van der Waals surface area contributed by atoms with E-state index in [1.165, 1.54) is 11.3 Å². The van der Waals surface area contributed by atoms with E-state index in [0.717, 1.165) is 67.3 Å². The number of amides is 1. The molecule has 0 atom stereocenters. The predicted molar refractivity (Wildman–Crippen MR) is 143 cm³/mol. The molecule has 1 amide bonds. The second-order valence-corrected chi connectivity index (χ2v) is 8.94. The van der Waals surface area contributed by atoms with E-state index < -0.39 is 6.09 Å². The van der Waals surface area contributed by atoms with E-state index in [2.05, 4.69) is 69.5 Å². The molecule has 3 aromatic carbocycles. The minimum Gasteiger partial charge on any atom is -0.492 e. The van der Waals surface area contributed by atoms with Crippen molar-refractivity contribution < 1.29 is 14.6 Å². The van der Waals surface area contributed by atoms with Gasteiger partial charge in [-0.3, -0.25) is 10.2 Å². The van der Waals surface area contributed by atoms with Gasteiger partial charge in [0.1, 0.15) is 23.7 Å². The van der Waals surface area contributed by atoms with Crippen molar-refractivity contribution in [1.29, 1.82) is 0 Å². The molecule has 1 saturated heterocycles. The van der Waals surface area contributed by atoms with E-state index in [0.29, 0.717) is 12.3 Å². The summed E-state index contributed by atoms with van der Waals surface area (Å²) in [6.07, 6.45) is -0.0457. The Bertz CT molecular complexity index is 1310. The summed E-state index contributed by atoms with van der Waals surface area (Å²) in [5, 5.41) is 11.1. The van der Waals surface area contributed by atoms with E-state index in [9.17, 15) is 4.79 Å². The van der Waals surface area contributed by atoms with Gasteiger partial charge >= 0.3 is 6.09 Å². The summed E-state index contributed by atoms with van der Waals surface area (Å²) in [6, 6.07) is 21.9. The van der Waals surface area contributed by atoms with Crippen LogP contribution in [0.5, 0.6) is 5.75 Å². The van der Waals surface area contributed by atoms with Crippen LogP contribution in [-0.4, -0.2) is 65.4 Å². The first-order valence-corrected chi connectivity index (χ1v) is 12.4. The van der Waals surface area contributed by atoms with Crippen molar-refractivity contribution >= 4 is 28.5 Å². The molecule has 2 heterocycles. The number of carbonyl (C=O) groups is 1. The predicted octanol–water partition coefficient (Wildman–Crippen LogP) is 5.08. The number of benzene rings is 3. The lowest BCUT2D eigenvalue weighted by atomic mass is 10.1. The number of ether oxygens (including phenoxy) is 1. The van der Waals surface area contributed by atoms with Gasteiger partial charge in [0.15, 0.2) is 0 Å². The summed E-state index contributed by atoms with van der Waals surface area (Å²) < 4.78 is 5.85. The van der Waals surface area contributed by atoms with Crippen molar-refractivity contribution in [1.82, 2.24) is 14.9 Å². The second-order valence-electron chi connectivity index (χ2n) is 8.94. The van der Waals surface area contributed by atoms with Crippen LogP contribution in [0.3, 0.4) is 0 Å². The minimum absolute atomic E-state index is 0.527. The van der Waals surface area contributed by atoms with Gasteiger partial charge in [-0.05, 0) is 48.4 Å². The number of nitrogens with zero attached hydrogens (tertiary/aromatic N) is 3. The Kier molecular flexibility index (Phi) is 7.04. The van der Waals surface area contributed by atoms with Crippen molar-refractivity contribution in [3.63, 3.8) is 0 Å². The highest BCUT2D eigenvalue weighted by Crippen LogP contribution is 2.29. The Hall–Kier alpha value is -4.04. The summed E-state index contributed by atoms with van der Waals surface area (Å²) in [7, 11) is 0. The van der Waals surface area contributed by atoms with Crippen LogP contribution < -0.4 is 15.0 Å². The Morgan fingerprint density at radius 2 is 1.78 bits per heavy atom. The van der Waals surface area contributed by atoms with Crippen LogP contribution in [-0.2, 0) is 6.42 Å². The third kappa shape index (κ3) is 5.44. The molecule has 5 rings (SSSR count). The Morgan fingerprint density at radius 1 is 1.03 bits per heavy atom. The van der Waals surface area contributed by atoms with Crippen LogP contribution in [0.1, 0.15) is 12.5 Å². The highest BCUT2D eigenvalue weighted by atomic mass is 16.5. The van der Waals surface area contributed by atoms with Gasteiger partial charge < -0.3 is 19.7 Å². The maximum atomic E-state index is 10.7. The molecule has 0 spiro atoms. The number of imidazole rings is 1. The highest BCUT2D eigenvalue weighted by Gasteiger charge is 2.20. The Labute approximate surface area is 210 Å². The standard InChI is InChI=1S/C28H31N5O3/c1-2-20-6-8-21(9-7-20)27-30-24-4-3-5-25(26(24)31-27)33-16-14-32(15-17-33)18-19-36-23-12-10-22(11-13-23)29-28(34)35/h3-13,29H,2,14-19H2,1H3,(H,30,31)(H,34,35). The van der Waals surface area contributed by atoms with Gasteiger partial charge in [0, 0.05) is 44.0 Å². The first-order valence-electron chi connectivity index (χ1n) is 12.4. The molecule has 0 saturated carbocycles. The number of nitrogens with one attached hydrogen (secondary N) is 2. The van der Waals surface area contributed by atoms with Crippen molar-refractivity contribution in [3.05, 3.63) is 72.3 Å². The average Bonchev–Trinajstić information content (AvgIpc) is 3.35. The molecule has 1 fully saturated rings. The zero-order chi connectivity index (χ0) is 24.9. The molecular formula is C28H31N5O3. The molecule has 0 unspecified atom stereocenters. The van der Waals surface area contributed by atoms with Crippen LogP contribution >= 0.6 is 0 Å². The Morgan fingerprint density at radius 3 is 2.47 bits per heavy atom. The fourth-order valence-electron chi connectivity index (χ4n) is 4.57. The smallest absolute Gasteiger partial charge is 0.409 e. The van der Waals surface area contributed by atoms with Crippen molar-refractivity contribution in [3.8, 4) is 17.1 Å². The zero-order valence-electron chi connectivity index (χ0n) is 20.4. The zero-order valence-corrected chi connectivity index (χ0v) is 20.4. The largest absolute Gasteiger partial charge is 0.492 e. The molecule has 36 heavy (non-hydrogen) atoms. The van der Waals surface area contributed by atoms with Gasteiger partial charge in [-0.2, -0.15) is 0 Å². The summed E-state index contributed by atoms with van der Waals surface area (Å²) in [4.78, 5) is 24.0. The quantitative estimate of drug-likeness (QED) is 0.322. The molecule has 4 aromatic rings. The first-order chi connectivity index (χ1) is 17.6. The van der Waals surface area contributed by atoms with Crippen molar-refractivity contribution in [2.24, 2.45) is 0 Å². The number of rotatable bonds is 8. The summed E-state index contributed by atoms with van der Waals surface area (Å²) in [5.41, 5.74) is 6.20. The van der Waals surface area contributed by atoms with E-state index in [-0.39, 0.29) is 0 Å². The summed E-state index contributed by atoms with van der Waals surface area (Å²) in [5.74, 6) is 1.64. The van der Waals surface area contributed by atoms with Gasteiger partial charge in [0.25, 0.3) is 0 Å². The molecule has 0 aliphatic carbocycles. The minimum atomic E-state index is -1.08. The van der Waals surface area contributed by atoms with Gasteiger partial charge in [-0.15, -0.1) is 0 Å². The van der Waals surface area contributed by atoms with E-state index in [1.807, 2.05) is 0 Å². The van der Waals surface area contributed by atoms with Crippen LogP contribution in [0.4, 0.5) is 16.2 Å². The van der Waals surface area contributed by atoms with Crippen LogP contribution in [0.15, 0.2) is 66.7 Å². The molecule has 8 nitrogen and oxygen atoms in total. The fraction of sp³-hybridized carbons (Fsp3) is 0.286. The SMILES string of the molecule is CCc1ccc(-c2nc3c(N4CCN(CCOc5ccc(NC(=O)O)cc5)CC4)cccc3[nH]2)cc1. The van der Waals surface area contributed by atoms with Crippen LogP contribution in [0, 0.1) is 0 Å². The van der Waals surface area contributed by atoms with E-state index in [4.69, 9.17) is 14.8 Å². The molecule has 0 radical (unpaired) electrons. The number of aromatic nitrogens is 2. The van der Waals surface area contributed by atoms with Gasteiger partial charge in [0.2, 0.25) is 0 Å². The molecule has 1 aromatic heterocycles. The number of piperazine rings is 1. The second kappa shape index (κ2) is 10.7. The number of hydrogen-bond acceptors (Lipinski definition) is 5. The monoisotopic (exact) mass is 485 g/mol. The fourth-order valence-corrected chi connectivity index (χ4v) is 4.57. The van der Waals surface area contributed by atoms with Gasteiger partial charge in [0.05, 0.1) is 11.2 Å². The summed E-state index contributed by atoms with van der Waals surface area (Å²) in [6.45, 7) is 7.36. The number of carboxylic acid groups (broad SMARTS) is 1. The molecule has 0 bridgehead atoms. The maximum Gasteiger partial charge on any atom is 0.409 e. The first kappa shape index (κ1) is 23.7. The number of H-pyrrole nitrogens is 1. The van der Waals surface area contributed by atoms with Gasteiger partial charge in [-0.25, -0.2) is 9.78 Å². The van der Waals surface area contributed by atoms with E-state index >= 15 is 0 Å². The van der Waals surface area contributed by atoms with Crippen LogP contribution in [0.25, 0.3) is 22.4 Å². The molecule has 8 heteroatoms. The number of para-hydroxylation sites is 1. The summed E-state index contributed by atoms with van der Waals surface area (Å²) >= 11 is 0. The van der Waals surface area contributed by atoms with Crippen molar-refractivity contribution in [2.45, 2.75) is 13.3 Å². The Balaban J connectivity index is 1.16. The lowest BCUT2D eigenvalue weighted by Crippen LogP contribution is -2.47. The topological polar surface area (TPSA) is 93.7 Å². The molecule has 186 valence electrons. The lowest BCUT2D eigenvalue weighted by Gasteiger charge is -2.36. The number of fused-ring (bicyclic) bond motifs is 1. The molecule has 1 aliphatic heterocycles. The lowest BCUT2D eigenvalue weighted by molar-refractivity contribution is 0.200. The maximum absolute atomic E-state index is 10.7. The number of anilines is 2. The molecule has 3 N–H and O–H groups in total. The number of hydrogen-bond donors (Lipinski definition) is 3. The normalized spacial score (nSPS) is 14.2.